The first-order valence-electron chi connectivity index (χ1n) is 16.7. The van der Waals surface area contributed by atoms with Gasteiger partial charge in [-0.1, -0.05) is 30.3 Å². The summed E-state index contributed by atoms with van der Waals surface area (Å²) in [6.07, 6.45) is 8.31. The highest BCUT2D eigenvalue weighted by atomic mass is 16.5. The average Bonchev–Trinajstić information content (AvgIpc) is 3.38. The van der Waals surface area contributed by atoms with Gasteiger partial charge in [-0.25, -0.2) is 9.50 Å². The van der Waals surface area contributed by atoms with Gasteiger partial charge in [-0.3, -0.25) is 9.69 Å². The second kappa shape index (κ2) is 10.8. The summed E-state index contributed by atoms with van der Waals surface area (Å²) in [7, 11) is 0. The lowest BCUT2D eigenvalue weighted by atomic mass is 9.83. The Balaban J connectivity index is 0.898. The summed E-state index contributed by atoms with van der Waals surface area (Å²) in [4.78, 5) is 25.6. The number of nitriles is 1. The maximum Gasteiger partial charge on any atom is 0.233 e. The van der Waals surface area contributed by atoms with Gasteiger partial charge in [-0.05, 0) is 68.0 Å². The Labute approximate surface area is 268 Å². The van der Waals surface area contributed by atoms with E-state index in [-0.39, 0.29) is 17.5 Å². The van der Waals surface area contributed by atoms with E-state index in [1.165, 1.54) is 0 Å². The van der Waals surface area contributed by atoms with Crippen molar-refractivity contribution in [1.82, 2.24) is 29.7 Å². The number of likely N-dealkylation sites (tertiary alicyclic amines) is 1. The van der Waals surface area contributed by atoms with Gasteiger partial charge in [-0.15, -0.1) is 0 Å². The van der Waals surface area contributed by atoms with Gasteiger partial charge in [0, 0.05) is 50.0 Å². The lowest BCUT2D eigenvalue weighted by molar-refractivity contribution is -0.149. The van der Waals surface area contributed by atoms with Crippen LogP contribution >= 0.6 is 0 Å². The molecule has 1 aliphatic carbocycles. The van der Waals surface area contributed by atoms with Crippen LogP contribution in [0.25, 0.3) is 16.6 Å². The molecule has 8 heterocycles. The minimum atomic E-state index is -0.315. The predicted octanol–water partition coefficient (Wildman–Crippen LogP) is 3.32. The van der Waals surface area contributed by atoms with Gasteiger partial charge in [0.1, 0.15) is 24.2 Å². The summed E-state index contributed by atoms with van der Waals surface area (Å²) in [5.74, 6) is 3.48. The van der Waals surface area contributed by atoms with Crippen molar-refractivity contribution in [3.05, 3.63) is 78.2 Å². The molecule has 6 fully saturated rings. The van der Waals surface area contributed by atoms with Crippen molar-refractivity contribution < 1.29 is 9.53 Å². The highest BCUT2D eigenvalue weighted by molar-refractivity contribution is 5.92. The van der Waals surface area contributed by atoms with Gasteiger partial charge in [0.15, 0.2) is 0 Å². The van der Waals surface area contributed by atoms with Crippen LogP contribution < -0.4 is 15.0 Å². The van der Waals surface area contributed by atoms with Crippen LogP contribution in [-0.2, 0) is 10.2 Å². The normalized spacial score (nSPS) is 26.1. The van der Waals surface area contributed by atoms with Gasteiger partial charge in [-0.2, -0.15) is 10.4 Å². The molecular formula is C36H38N8O2. The molecule has 1 N–H and O–H groups in total. The van der Waals surface area contributed by atoms with Crippen molar-refractivity contribution in [2.24, 2.45) is 11.8 Å². The van der Waals surface area contributed by atoms with E-state index in [0.29, 0.717) is 18.1 Å². The Morgan fingerprint density at radius 1 is 1.02 bits per heavy atom. The molecule has 234 valence electrons. The molecule has 4 atom stereocenters. The Bertz CT molecular complexity index is 1800. The molecule has 6 aliphatic rings. The number of piperidine rings is 1. The molecule has 0 spiro atoms. The van der Waals surface area contributed by atoms with E-state index < -0.39 is 0 Å². The molecule has 4 aromatic rings. The zero-order chi connectivity index (χ0) is 30.8. The molecule has 10 rings (SSSR count). The number of rotatable bonds is 8. The van der Waals surface area contributed by atoms with Crippen molar-refractivity contribution in [3.63, 3.8) is 0 Å². The second-order valence-corrected chi connectivity index (χ2v) is 13.9. The second-order valence-electron chi connectivity index (χ2n) is 13.9. The van der Waals surface area contributed by atoms with E-state index >= 15 is 0 Å². The first-order valence-corrected chi connectivity index (χ1v) is 16.7. The minimum Gasteiger partial charge on any atom is -0.491 e. The summed E-state index contributed by atoms with van der Waals surface area (Å²) >= 11 is 0. The number of carbonyl (C=O) groups is 1. The molecule has 4 unspecified atom stereocenters. The first kappa shape index (κ1) is 27.8. The molecule has 5 saturated heterocycles. The minimum absolute atomic E-state index is 0.226. The van der Waals surface area contributed by atoms with E-state index in [1.807, 2.05) is 36.7 Å². The van der Waals surface area contributed by atoms with Gasteiger partial charge in [0.25, 0.3) is 0 Å². The summed E-state index contributed by atoms with van der Waals surface area (Å²) in [6.45, 7) is 7.61. The fourth-order valence-corrected chi connectivity index (χ4v) is 8.52. The van der Waals surface area contributed by atoms with Crippen LogP contribution in [0.1, 0.15) is 30.4 Å². The zero-order valence-electron chi connectivity index (χ0n) is 25.9. The number of piperazine rings is 1. The standard InChI is InChI=1S/C36H38N8O2/c37-14-25-18-40-43-23-31(46-11-10-41-19-26-15-38-16-27(26)20-41)13-32(34(25)43)24-6-7-33(39-17-24)42-21-29-12-30(22-42)44(29)35(45)36(8-9-36)28-4-2-1-3-5-28/h1-7,13,17-18,23,26-27,29-30,38H,8-12,15-16,19-22H2. The highest BCUT2D eigenvalue weighted by Crippen LogP contribution is 2.52. The Morgan fingerprint density at radius 2 is 1.80 bits per heavy atom. The number of amides is 1. The molecule has 10 nitrogen and oxygen atoms in total. The van der Waals surface area contributed by atoms with Crippen LogP contribution in [0, 0.1) is 23.2 Å². The Hall–Kier alpha value is -4.46. The third-order valence-corrected chi connectivity index (χ3v) is 11.1. The van der Waals surface area contributed by atoms with E-state index in [0.717, 1.165) is 111 Å². The molecule has 46 heavy (non-hydrogen) atoms. The monoisotopic (exact) mass is 614 g/mol. The molecule has 0 radical (unpaired) electrons. The molecule has 10 heteroatoms. The number of anilines is 1. The number of fused-ring (bicyclic) bond motifs is 4. The molecule has 2 bridgehead atoms. The largest absolute Gasteiger partial charge is 0.491 e. The van der Waals surface area contributed by atoms with Crippen LogP contribution in [0.3, 0.4) is 0 Å². The van der Waals surface area contributed by atoms with Gasteiger partial charge in [0.2, 0.25) is 5.91 Å². The van der Waals surface area contributed by atoms with E-state index in [1.54, 1.807) is 10.7 Å². The quantitative estimate of drug-likeness (QED) is 0.323. The molecule has 5 aliphatic heterocycles. The van der Waals surface area contributed by atoms with Crippen molar-refractivity contribution in [2.45, 2.75) is 36.8 Å². The molecular weight excluding hydrogens is 576 g/mol. The number of pyridine rings is 2. The number of ether oxygens (including phenoxy) is 1. The molecule has 1 amide bonds. The Kier molecular flexibility index (Phi) is 6.54. The number of aromatic nitrogens is 3. The third kappa shape index (κ3) is 4.56. The van der Waals surface area contributed by atoms with Crippen LogP contribution in [-0.4, -0.2) is 94.8 Å². The van der Waals surface area contributed by atoms with Gasteiger partial charge in [0.05, 0.1) is 41.0 Å². The smallest absolute Gasteiger partial charge is 0.233 e. The van der Waals surface area contributed by atoms with Crippen LogP contribution in [0.4, 0.5) is 5.82 Å². The van der Waals surface area contributed by atoms with Crippen molar-refractivity contribution in [1.29, 1.82) is 5.26 Å². The maximum atomic E-state index is 13.8. The number of hydrogen-bond acceptors (Lipinski definition) is 8. The lowest BCUT2D eigenvalue weighted by Crippen LogP contribution is -2.71. The van der Waals surface area contributed by atoms with E-state index in [2.05, 4.69) is 55.4 Å². The third-order valence-electron chi connectivity index (χ3n) is 11.1. The highest BCUT2D eigenvalue weighted by Gasteiger charge is 2.58. The number of benzene rings is 1. The predicted molar refractivity (Wildman–Crippen MR) is 174 cm³/mol. The number of hydrogen-bond donors (Lipinski definition) is 1. The van der Waals surface area contributed by atoms with E-state index in [9.17, 15) is 10.1 Å². The zero-order valence-corrected chi connectivity index (χ0v) is 25.9. The molecule has 1 saturated carbocycles. The SMILES string of the molecule is N#Cc1cnn2cc(OCCN3CC4CNCC4C3)cc(-c3ccc(N4CC5CC(C4)N5C(=O)C4(c5ccccc5)CC4)nc3)c12. The fraction of sp³-hybridized carbons (Fsp3) is 0.444. The van der Waals surface area contributed by atoms with Crippen LogP contribution in [0.15, 0.2) is 67.1 Å². The topological polar surface area (TPSA) is 102 Å². The lowest BCUT2D eigenvalue weighted by Gasteiger charge is -2.57. The number of nitrogens with zero attached hydrogens (tertiary/aromatic N) is 7. The van der Waals surface area contributed by atoms with Gasteiger partial charge >= 0.3 is 0 Å². The van der Waals surface area contributed by atoms with E-state index in [4.69, 9.17) is 9.72 Å². The van der Waals surface area contributed by atoms with Crippen LogP contribution in [0.5, 0.6) is 5.75 Å². The van der Waals surface area contributed by atoms with Crippen LogP contribution in [0.2, 0.25) is 0 Å². The number of nitrogens with one attached hydrogen (secondary N) is 1. The molecule has 1 aromatic carbocycles. The summed E-state index contributed by atoms with van der Waals surface area (Å²) in [5.41, 5.74) is 3.91. The number of carbonyl (C=O) groups excluding carboxylic acids is 1. The van der Waals surface area contributed by atoms with Crippen molar-refractivity contribution in [2.75, 3.05) is 57.3 Å². The van der Waals surface area contributed by atoms with Gasteiger partial charge < -0.3 is 19.9 Å². The first-order chi connectivity index (χ1) is 22.6. The summed E-state index contributed by atoms with van der Waals surface area (Å²) in [6, 6.07) is 19.2. The summed E-state index contributed by atoms with van der Waals surface area (Å²) < 4.78 is 8.01. The average molecular weight is 615 g/mol. The van der Waals surface area contributed by atoms with Crippen molar-refractivity contribution in [3.8, 4) is 22.9 Å². The maximum absolute atomic E-state index is 13.8. The Morgan fingerprint density at radius 3 is 2.50 bits per heavy atom. The molecule has 3 aromatic heterocycles. The fourth-order valence-electron chi connectivity index (χ4n) is 8.52. The summed E-state index contributed by atoms with van der Waals surface area (Å²) in [5, 5.41) is 17.8. The van der Waals surface area contributed by atoms with Crippen molar-refractivity contribution >= 4 is 17.2 Å².